The Balaban J connectivity index is 2.04. The first-order valence-electron chi connectivity index (χ1n) is 8.73. The Morgan fingerprint density at radius 2 is 2.12 bits per heavy atom. The zero-order chi connectivity index (χ0) is 17.9. The maximum Gasteiger partial charge on any atom is 0.207 e. The number of pyridine rings is 1. The Hall–Kier alpha value is -2.50. The summed E-state index contributed by atoms with van der Waals surface area (Å²) in [6.07, 6.45) is 9.07. The standard InChI is InChI=1S/C19H25N5O/c1-19(2,3)9-13(5-4-7-20-12-25)17-16-14-6-8-21-18(14)22-10-15(16)23-11-24-17/h6,8,10-13H,4-5,7,9H2,1-3H3,(H,20,25)(H,23,24). The highest BCUT2D eigenvalue weighted by atomic mass is 16.1. The third kappa shape index (κ3) is 3.95. The molecule has 0 bridgehead atoms. The second-order valence-electron chi connectivity index (χ2n) is 7.69. The van der Waals surface area contributed by atoms with Gasteiger partial charge in [0.15, 0.2) is 5.65 Å². The fraction of sp³-hybridized carbons (Fsp3) is 0.474. The van der Waals surface area contributed by atoms with Crippen LogP contribution in [-0.2, 0) is 4.79 Å². The summed E-state index contributed by atoms with van der Waals surface area (Å²) in [5, 5.41) is 4.91. The van der Waals surface area contributed by atoms with E-state index in [1.165, 1.54) is 5.69 Å². The molecule has 6 heteroatoms. The molecule has 1 unspecified atom stereocenters. The molecule has 3 rings (SSSR count). The molecule has 0 aromatic carbocycles. The minimum atomic E-state index is 0.197. The molecule has 2 N–H and O–H groups in total. The van der Waals surface area contributed by atoms with E-state index < -0.39 is 0 Å². The number of fused-ring (bicyclic) bond motifs is 3. The highest BCUT2D eigenvalue weighted by molar-refractivity contribution is 6.04. The van der Waals surface area contributed by atoms with Crippen molar-refractivity contribution in [1.29, 1.82) is 0 Å². The summed E-state index contributed by atoms with van der Waals surface area (Å²) in [5.74, 6) is 0.347. The van der Waals surface area contributed by atoms with Gasteiger partial charge < -0.3 is 10.3 Å². The summed E-state index contributed by atoms with van der Waals surface area (Å²) in [5.41, 5.74) is 3.03. The minimum Gasteiger partial charge on any atom is -0.359 e. The molecule has 1 atom stereocenters. The molecule has 6 nitrogen and oxygen atoms in total. The first-order valence-corrected chi connectivity index (χ1v) is 8.73. The molecular weight excluding hydrogens is 314 g/mol. The molecule has 0 spiro atoms. The molecule has 25 heavy (non-hydrogen) atoms. The number of nitrogens with one attached hydrogen (secondary N) is 2. The van der Waals surface area contributed by atoms with Crippen LogP contribution in [0.25, 0.3) is 21.9 Å². The molecule has 3 heterocycles. The van der Waals surface area contributed by atoms with Crippen LogP contribution in [0.15, 0.2) is 24.8 Å². The number of amides is 1. The Kier molecular flexibility index (Phi) is 4.97. The smallest absolute Gasteiger partial charge is 0.207 e. The summed E-state index contributed by atoms with van der Waals surface area (Å²) in [7, 11) is 0. The van der Waals surface area contributed by atoms with Gasteiger partial charge in [0.2, 0.25) is 6.41 Å². The van der Waals surface area contributed by atoms with Crippen LogP contribution in [0.2, 0.25) is 0 Å². The van der Waals surface area contributed by atoms with Crippen molar-refractivity contribution in [2.75, 3.05) is 6.54 Å². The third-order valence-corrected chi connectivity index (χ3v) is 4.43. The van der Waals surface area contributed by atoms with E-state index in [9.17, 15) is 4.79 Å². The van der Waals surface area contributed by atoms with Crippen molar-refractivity contribution in [3.8, 4) is 0 Å². The fourth-order valence-corrected chi connectivity index (χ4v) is 3.49. The molecular formula is C19H25N5O. The van der Waals surface area contributed by atoms with Gasteiger partial charge in [-0.1, -0.05) is 20.8 Å². The lowest BCUT2D eigenvalue weighted by Gasteiger charge is -2.27. The predicted molar refractivity (Wildman–Crippen MR) is 99.3 cm³/mol. The SMILES string of the molecule is CC(C)(C)CC(CCCNC=O)c1[nH]cnc2cnc3nccc3c12. The molecule has 0 saturated carbocycles. The number of hydrogen-bond acceptors (Lipinski definition) is 4. The van der Waals surface area contributed by atoms with Crippen molar-refractivity contribution in [3.05, 3.63) is 30.5 Å². The van der Waals surface area contributed by atoms with Crippen LogP contribution in [0.5, 0.6) is 0 Å². The number of carbonyl (C=O) groups is 1. The molecule has 0 saturated heterocycles. The maximum atomic E-state index is 10.5. The van der Waals surface area contributed by atoms with Crippen molar-refractivity contribution in [1.82, 2.24) is 25.3 Å². The Bertz CT molecular complexity index is 865. The van der Waals surface area contributed by atoms with Crippen LogP contribution >= 0.6 is 0 Å². The number of H-pyrrole nitrogens is 1. The fourth-order valence-electron chi connectivity index (χ4n) is 3.49. The largest absolute Gasteiger partial charge is 0.359 e. The quantitative estimate of drug-likeness (QED) is 0.509. The van der Waals surface area contributed by atoms with Crippen molar-refractivity contribution >= 4 is 28.3 Å². The highest BCUT2D eigenvalue weighted by Crippen LogP contribution is 2.37. The van der Waals surface area contributed by atoms with Gasteiger partial charge in [-0.15, -0.1) is 0 Å². The second kappa shape index (κ2) is 7.17. The first kappa shape index (κ1) is 17.3. The zero-order valence-corrected chi connectivity index (χ0v) is 15.0. The molecule has 1 amide bonds. The summed E-state index contributed by atoms with van der Waals surface area (Å²) >= 11 is 0. The number of rotatable bonds is 7. The average Bonchev–Trinajstić information content (AvgIpc) is 3.05. The molecule has 0 aliphatic rings. The summed E-state index contributed by atoms with van der Waals surface area (Å²) in [6.45, 7) is 7.47. The normalized spacial score (nSPS) is 13.2. The number of aromatic amines is 1. The highest BCUT2D eigenvalue weighted by Gasteiger charge is 2.23. The van der Waals surface area contributed by atoms with E-state index in [1.54, 1.807) is 18.7 Å². The predicted octanol–water partition coefficient (Wildman–Crippen LogP) is 3.55. The van der Waals surface area contributed by atoms with Crippen LogP contribution in [0.1, 0.15) is 51.6 Å². The maximum absolute atomic E-state index is 10.5. The van der Waals surface area contributed by atoms with Crippen molar-refractivity contribution < 1.29 is 4.79 Å². The van der Waals surface area contributed by atoms with Crippen LogP contribution < -0.4 is 5.32 Å². The summed E-state index contributed by atoms with van der Waals surface area (Å²) in [4.78, 5) is 27.1. The molecule has 0 fully saturated rings. The molecule has 3 aromatic heterocycles. The minimum absolute atomic E-state index is 0.197. The Morgan fingerprint density at radius 3 is 2.88 bits per heavy atom. The molecule has 3 aromatic rings. The molecule has 0 radical (unpaired) electrons. The van der Waals surface area contributed by atoms with Crippen molar-refractivity contribution in [2.24, 2.45) is 5.41 Å². The number of nitrogens with zero attached hydrogens (tertiary/aromatic N) is 3. The van der Waals surface area contributed by atoms with E-state index in [4.69, 9.17) is 0 Å². The van der Waals surface area contributed by atoms with E-state index >= 15 is 0 Å². The number of aromatic nitrogens is 4. The average molecular weight is 339 g/mol. The Morgan fingerprint density at radius 1 is 1.28 bits per heavy atom. The zero-order valence-electron chi connectivity index (χ0n) is 15.0. The summed E-state index contributed by atoms with van der Waals surface area (Å²) in [6, 6.07) is 2.01. The van der Waals surface area contributed by atoms with Crippen LogP contribution in [0.4, 0.5) is 0 Å². The van der Waals surface area contributed by atoms with Gasteiger partial charge in [0.25, 0.3) is 0 Å². The van der Waals surface area contributed by atoms with E-state index in [0.717, 1.165) is 47.6 Å². The molecule has 0 aliphatic heterocycles. The van der Waals surface area contributed by atoms with E-state index in [2.05, 4.69) is 46.0 Å². The second-order valence-corrected chi connectivity index (χ2v) is 7.69. The van der Waals surface area contributed by atoms with E-state index in [-0.39, 0.29) is 5.41 Å². The Labute approximate surface area is 147 Å². The van der Waals surface area contributed by atoms with Crippen molar-refractivity contribution in [2.45, 2.75) is 46.0 Å². The van der Waals surface area contributed by atoms with Gasteiger partial charge in [-0.2, -0.15) is 0 Å². The third-order valence-electron chi connectivity index (χ3n) is 4.43. The van der Waals surface area contributed by atoms with Gasteiger partial charge >= 0.3 is 0 Å². The van der Waals surface area contributed by atoms with Gasteiger partial charge in [-0.3, -0.25) is 4.79 Å². The van der Waals surface area contributed by atoms with Gasteiger partial charge in [0.1, 0.15) is 0 Å². The lowest BCUT2D eigenvalue weighted by molar-refractivity contribution is -0.109. The first-order chi connectivity index (χ1) is 12.0. The number of hydrogen-bond donors (Lipinski definition) is 2. The van der Waals surface area contributed by atoms with Gasteiger partial charge in [-0.25, -0.2) is 15.0 Å². The molecule has 132 valence electrons. The monoisotopic (exact) mass is 339 g/mol. The van der Waals surface area contributed by atoms with Crippen molar-refractivity contribution in [3.63, 3.8) is 0 Å². The van der Waals surface area contributed by atoms with Crippen LogP contribution in [0.3, 0.4) is 0 Å². The summed E-state index contributed by atoms with van der Waals surface area (Å²) < 4.78 is 0. The number of carbonyl (C=O) groups excluding carboxylic acids is 1. The van der Waals surface area contributed by atoms with E-state index in [1.807, 2.05) is 6.07 Å². The van der Waals surface area contributed by atoms with Gasteiger partial charge in [0, 0.05) is 35.1 Å². The van der Waals surface area contributed by atoms with Crippen LogP contribution in [-0.4, -0.2) is 32.9 Å². The van der Waals surface area contributed by atoms with Gasteiger partial charge in [0.05, 0.1) is 18.0 Å². The topological polar surface area (TPSA) is 83.6 Å². The molecule has 0 aliphatic carbocycles. The lowest BCUT2D eigenvalue weighted by Crippen LogP contribution is -2.17. The van der Waals surface area contributed by atoms with Gasteiger partial charge in [-0.05, 0) is 30.7 Å². The lowest BCUT2D eigenvalue weighted by atomic mass is 9.80. The van der Waals surface area contributed by atoms with E-state index in [0.29, 0.717) is 12.5 Å². The van der Waals surface area contributed by atoms with Crippen LogP contribution in [0, 0.1) is 5.41 Å².